The van der Waals surface area contributed by atoms with E-state index in [1.807, 2.05) is 20.8 Å². The molecular formula is C9H20N2O. The number of ketones is 1. The van der Waals surface area contributed by atoms with Gasteiger partial charge in [0.15, 0.2) is 0 Å². The smallest absolute Gasteiger partial charge is 0.149 e. The molecule has 0 aliphatic heterocycles. The van der Waals surface area contributed by atoms with E-state index in [0.29, 0.717) is 19.0 Å². The molecule has 0 saturated carbocycles. The number of nitrogens with one attached hydrogen (secondary N) is 1. The summed E-state index contributed by atoms with van der Waals surface area (Å²) in [4.78, 5) is 11.3. The third-order valence-corrected chi connectivity index (χ3v) is 1.73. The van der Waals surface area contributed by atoms with Crippen LogP contribution in [0.1, 0.15) is 33.6 Å². The third-order valence-electron chi connectivity index (χ3n) is 1.73. The van der Waals surface area contributed by atoms with Gasteiger partial charge >= 0.3 is 0 Å². The number of rotatable bonds is 6. The lowest BCUT2D eigenvalue weighted by atomic mass is 10.1. The van der Waals surface area contributed by atoms with Gasteiger partial charge in [0.25, 0.3) is 0 Å². The Balaban J connectivity index is 3.94. The van der Waals surface area contributed by atoms with E-state index in [-0.39, 0.29) is 11.8 Å². The molecule has 0 fully saturated rings. The van der Waals surface area contributed by atoms with Crippen molar-refractivity contribution in [3.05, 3.63) is 0 Å². The Labute approximate surface area is 74.7 Å². The van der Waals surface area contributed by atoms with Crippen molar-refractivity contribution in [1.82, 2.24) is 5.32 Å². The number of hydrogen-bond donors (Lipinski definition) is 2. The van der Waals surface area contributed by atoms with Crippen LogP contribution in [-0.4, -0.2) is 24.4 Å². The molecule has 0 unspecified atom stereocenters. The van der Waals surface area contributed by atoms with Crippen molar-refractivity contribution in [3.8, 4) is 0 Å². The Hall–Kier alpha value is -0.410. The van der Waals surface area contributed by atoms with Crippen molar-refractivity contribution in [2.45, 2.75) is 45.7 Å². The molecule has 72 valence electrons. The minimum Gasteiger partial charge on any atom is -0.330 e. The summed E-state index contributed by atoms with van der Waals surface area (Å²) in [5.41, 5.74) is 5.41. The zero-order valence-corrected chi connectivity index (χ0v) is 8.26. The maximum absolute atomic E-state index is 11.3. The van der Waals surface area contributed by atoms with E-state index in [2.05, 4.69) is 5.32 Å². The van der Waals surface area contributed by atoms with E-state index >= 15 is 0 Å². The van der Waals surface area contributed by atoms with E-state index in [1.165, 1.54) is 0 Å². The van der Waals surface area contributed by atoms with Crippen LogP contribution in [-0.2, 0) is 4.79 Å². The van der Waals surface area contributed by atoms with Crippen LogP contribution in [0.15, 0.2) is 0 Å². The van der Waals surface area contributed by atoms with Crippen LogP contribution in [0.25, 0.3) is 0 Å². The maximum atomic E-state index is 11.3. The number of carbonyl (C=O) groups excluding carboxylic acids is 1. The van der Waals surface area contributed by atoms with E-state index in [4.69, 9.17) is 5.73 Å². The second-order valence-corrected chi connectivity index (χ2v) is 3.27. The molecule has 0 aromatic carbocycles. The summed E-state index contributed by atoms with van der Waals surface area (Å²) in [6.07, 6.45) is 1.33. The van der Waals surface area contributed by atoms with E-state index in [9.17, 15) is 4.79 Å². The fourth-order valence-electron chi connectivity index (χ4n) is 1.15. The Bertz CT molecular complexity index is 134. The summed E-state index contributed by atoms with van der Waals surface area (Å²) < 4.78 is 0. The van der Waals surface area contributed by atoms with Crippen molar-refractivity contribution in [2.24, 2.45) is 5.73 Å². The molecule has 3 N–H and O–H groups in total. The van der Waals surface area contributed by atoms with Crippen molar-refractivity contribution in [3.63, 3.8) is 0 Å². The molecule has 0 aromatic rings. The van der Waals surface area contributed by atoms with Gasteiger partial charge < -0.3 is 11.1 Å². The second kappa shape index (κ2) is 6.14. The van der Waals surface area contributed by atoms with Gasteiger partial charge in [0.2, 0.25) is 0 Å². The van der Waals surface area contributed by atoms with Gasteiger partial charge in [-0.15, -0.1) is 0 Å². The summed E-state index contributed by atoms with van der Waals surface area (Å²) in [6.45, 7) is 6.52. The van der Waals surface area contributed by atoms with E-state index in [0.717, 1.165) is 6.42 Å². The number of hydrogen-bond acceptors (Lipinski definition) is 3. The highest BCUT2D eigenvalue weighted by molar-refractivity contribution is 5.83. The molecular weight excluding hydrogens is 152 g/mol. The summed E-state index contributed by atoms with van der Waals surface area (Å²) in [7, 11) is 0. The second-order valence-electron chi connectivity index (χ2n) is 3.27. The summed E-state index contributed by atoms with van der Waals surface area (Å²) in [5, 5.41) is 3.20. The number of Topliss-reactive ketones (excluding diaryl/α,β-unsaturated/α-hetero) is 1. The maximum Gasteiger partial charge on any atom is 0.149 e. The van der Waals surface area contributed by atoms with Crippen LogP contribution in [0.5, 0.6) is 0 Å². The molecule has 0 bridgehead atoms. The van der Waals surface area contributed by atoms with Crippen LogP contribution in [0.2, 0.25) is 0 Å². The predicted octanol–water partition coefficient (Wildman–Crippen LogP) is 0.681. The Morgan fingerprint density at radius 1 is 1.50 bits per heavy atom. The van der Waals surface area contributed by atoms with Crippen LogP contribution >= 0.6 is 0 Å². The minimum atomic E-state index is -0.0417. The first-order valence-corrected chi connectivity index (χ1v) is 4.60. The van der Waals surface area contributed by atoms with Crippen molar-refractivity contribution in [2.75, 3.05) is 6.54 Å². The van der Waals surface area contributed by atoms with Gasteiger partial charge in [-0.2, -0.15) is 0 Å². The fraction of sp³-hybridized carbons (Fsp3) is 0.889. The highest BCUT2D eigenvalue weighted by Gasteiger charge is 2.15. The van der Waals surface area contributed by atoms with Crippen LogP contribution in [0.3, 0.4) is 0 Å². The van der Waals surface area contributed by atoms with E-state index < -0.39 is 0 Å². The molecule has 0 spiro atoms. The topological polar surface area (TPSA) is 55.1 Å². The molecule has 0 aromatic heterocycles. The third kappa shape index (κ3) is 4.46. The minimum absolute atomic E-state index is 0.0417. The van der Waals surface area contributed by atoms with Gasteiger partial charge in [0, 0.05) is 12.5 Å². The first-order chi connectivity index (χ1) is 5.61. The lowest BCUT2D eigenvalue weighted by Gasteiger charge is -2.18. The van der Waals surface area contributed by atoms with Crippen molar-refractivity contribution in [1.29, 1.82) is 0 Å². The van der Waals surface area contributed by atoms with Crippen LogP contribution in [0, 0.1) is 0 Å². The zero-order valence-electron chi connectivity index (χ0n) is 8.26. The molecule has 3 nitrogen and oxygen atoms in total. The largest absolute Gasteiger partial charge is 0.330 e. The van der Waals surface area contributed by atoms with Crippen molar-refractivity contribution >= 4 is 5.78 Å². The van der Waals surface area contributed by atoms with Crippen LogP contribution < -0.4 is 11.1 Å². The van der Waals surface area contributed by atoms with Gasteiger partial charge in [-0.05, 0) is 13.0 Å². The van der Waals surface area contributed by atoms with Gasteiger partial charge in [-0.25, -0.2) is 0 Å². The highest BCUT2D eigenvalue weighted by Crippen LogP contribution is 1.97. The van der Waals surface area contributed by atoms with Gasteiger partial charge in [0.05, 0.1) is 6.04 Å². The lowest BCUT2D eigenvalue weighted by molar-refractivity contribution is -0.121. The fourth-order valence-corrected chi connectivity index (χ4v) is 1.15. The normalized spacial score (nSPS) is 13.4. The SMILES string of the molecule is CCC(=O)[C@H](CCN)NC(C)C. The monoisotopic (exact) mass is 172 g/mol. The molecule has 0 saturated heterocycles. The molecule has 0 rings (SSSR count). The molecule has 0 amide bonds. The highest BCUT2D eigenvalue weighted by atomic mass is 16.1. The zero-order chi connectivity index (χ0) is 9.56. The Morgan fingerprint density at radius 3 is 2.42 bits per heavy atom. The predicted molar refractivity (Wildman–Crippen MR) is 51.0 cm³/mol. The summed E-state index contributed by atoms with van der Waals surface area (Å²) >= 11 is 0. The van der Waals surface area contributed by atoms with Gasteiger partial charge in [-0.3, -0.25) is 4.79 Å². The molecule has 12 heavy (non-hydrogen) atoms. The Kier molecular flexibility index (Phi) is 5.93. The first-order valence-electron chi connectivity index (χ1n) is 4.60. The molecule has 0 radical (unpaired) electrons. The van der Waals surface area contributed by atoms with E-state index in [1.54, 1.807) is 0 Å². The first kappa shape index (κ1) is 11.6. The van der Waals surface area contributed by atoms with Gasteiger partial charge in [0.1, 0.15) is 5.78 Å². The molecule has 1 atom stereocenters. The number of carbonyl (C=O) groups is 1. The quantitative estimate of drug-likeness (QED) is 0.619. The molecule has 3 heteroatoms. The standard InChI is InChI=1S/C9H20N2O/c1-4-9(12)8(5-6-10)11-7(2)3/h7-8,11H,4-6,10H2,1-3H3/t8-/m0/s1. The average Bonchev–Trinajstić information content (AvgIpc) is 2.01. The molecule has 0 aliphatic rings. The van der Waals surface area contributed by atoms with Crippen molar-refractivity contribution < 1.29 is 4.79 Å². The Morgan fingerprint density at radius 2 is 2.08 bits per heavy atom. The van der Waals surface area contributed by atoms with Crippen LogP contribution in [0.4, 0.5) is 0 Å². The lowest BCUT2D eigenvalue weighted by Crippen LogP contribution is -2.41. The number of nitrogens with two attached hydrogens (primary N) is 1. The molecule has 0 aliphatic carbocycles. The van der Waals surface area contributed by atoms with Gasteiger partial charge in [-0.1, -0.05) is 20.8 Å². The summed E-state index contributed by atoms with van der Waals surface area (Å²) in [6, 6.07) is 0.303. The average molecular weight is 172 g/mol. The molecule has 0 heterocycles. The summed E-state index contributed by atoms with van der Waals surface area (Å²) in [5.74, 6) is 0.258.